The second kappa shape index (κ2) is 7.36. The van der Waals surface area contributed by atoms with E-state index in [0.29, 0.717) is 0 Å². The molecule has 0 saturated heterocycles. The van der Waals surface area contributed by atoms with Gasteiger partial charge in [-0.05, 0) is 45.2 Å². The maximum absolute atomic E-state index is 3.35. The lowest BCUT2D eigenvalue weighted by molar-refractivity contribution is 0.585. The van der Waals surface area contributed by atoms with E-state index < -0.39 is 0 Å². The molecule has 1 unspecified atom stereocenters. The molecular formula is C25H32N2. The number of hydrogen-bond donors (Lipinski definition) is 2. The van der Waals surface area contributed by atoms with Crippen LogP contribution in [0.4, 0.5) is 0 Å². The van der Waals surface area contributed by atoms with Crippen molar-refractivity contribution in [3.05, 3.63) is 88.6 Å². The highest BCUT2D eigenvalue weighted by molar-refractivity contribution is 5.54. The van der Waals surface area contributed by atoms with E-state index in [2.05, 4.69) is 119 Å². The van der Waals surface area contributed by atoms with Crippen LogP contribution in [-0.4, -0.2) is 0 Å². The lowest BCUT2D eigenvalue weighted by Crippen LogP contribution is -2.26. The predicted molar refractivity (Wildman–Crippen MR) is 116 cm³/mol. The summed E-state index contributed by atoms with van der Waals surface area (Å²) in [4.78, 5) is 0. The molecule has 3 rings (SSSR count). The first-order valence-electron chi connectivity index (χ1n) is 9.75. The van der Waals surface area contributed by atoms with E-state index in [1.165, 1.54) is 22.3 Å². The molecule has 1 aliphatic rings. The predicted octanol–water partition coefficient (Wildman–Crippen LogP) is 6.03. The molecule has 0 fully saturated rings. The monoisotopic (exact) mass is 360 g/mol. The topological polar surface area (TPSA) is 24.1 Å². The van der Waals surface area contributed by atoms with Crippen LogP contribution in [0.2, 0.25) is 0 Å². The molecule has 2 nitrogen and oxygen atoms in total. The summed E-state index contributed by atoms with van der Waals surface area (Å²) in [6.07, 6.45) is 6.51. The number of nitrogens with one attached hydrogen (secondary N) is 2. The van der Waals surface area contributed by atoms with Gasteiger partial charge in [0.25, 0.3) is 0 Å². The molecule has 2 heteroatoms. The van der Waals surface area contributed by atoms with Gasteiger partial charge in [-0.1, -0.05) is 96.1 Å². The number of hydrogen-bond acceptors (Lipinski definition) is 2. The van der Waals surface area contributed by atoms with Crippen molar-refractivity contribution in [1.82, 2.24) is 10.9 Å². The van der Waals surface area contributed by atoms with E-state index in [4.69, 9.17) is 0 Å². The van der Waals surface area contributed by atoms with Gasteiger partial charge < -0.3 is 5.43 Å². The second-order valence-electron chi connectivity index (χ2n) is 9.45. The fourth-order valence-corrected chi connectivity index (χ4v) is 3.17. The van der Waals surface area contributed by atoms with Gasteiger partial charge in [0.15, 0.2) is 0 Å². The van der Waals surface area contributed by atoms with Gasteiger partial charge in [-0.2, -0.15) is 0 Å². The summed E-state index contributed by atoms with van der Waals surface area (Å²) < 4.78 is 0. The summed E-state index contributed by atoms with van der Waals surface area (Å²) in [5, 5.41) is 0. The number of hydrazine groups is 1. The van der Waals surface area contributed by atoms with Crippen LogP contribution in [-0.2, 0) is 10.8 Å². The third-order valence-corrected chi connectivity index (χ3v) is 5.09. The van der Waals surface area contributed by atoms with Crippen LogP contribution in [0.5, 0.6) is 0 Å². The van der Waals surface area contributed by atoms with E-state index in [1.807, 2.05) is 0 Å². The van der Waals surface area contributed by atoms with Gasteiger partial charge in [-0.3, -0.25) is 0 Å². The number of allylic oxidation sites excluding steroid dienone is 1. The van der Waals surface area contributed by atoms with Crippen molar-refractivity contribution in [3.8, 4) is 0 Å². The molecule has 142 valence electrons. The fraction of sp³-hybridized carbons (Fsp3) is 0.360. The highest BCUT2D eigenvalue weighted by Gasteiger charge is 2.17. The molecule has 0 aliphatic carbocycles. The molecule has 1 aliphatic heterocycles. The van der Waals surface area contributed by atoms with Crippen molar-refractivity contribution in [1.29, 1.82) is 0 Å². The molecule has 2 aromatic rings. The van der Waals surface area contributed by atoms with Gasteiger partial charge in [0.2, 0.25) is 0 Å². The minimum atomic E-state index is 0.187. The molecule has 0 aromatic heterocycles. The third-order valence-electron chi connectivity index (χ3n) is 5.09. The van der Waals surface area contributed by atoms with Crippen LogP contribution in [0.25, 0.3) is 6.08 Å². The second-order valence-corrected chi connectivity index (χ2v) is 9.45. The minimum Gasteiger partial charge on any atom is -0.321 e. The zero-order chi connectivity index (χ0) is 19.7. The Morgan fingerprint density at radius 2 is 1.22 bits per heavy atom. The summed E-state index contributed by atoms with van der Waals surface area (Å²) in [6.45, 7) is 13.5. The van der Waals surface area contributed by atoms with Gasteiger partial charge in [0, 0.05) is 5.70 Å². The Morgan fingerprint density at radius 1 is 0.704 bits per heavy atom. The molecular weight excluding hydrogens is 328 g/mol. The summed E-state index contributed by atoms with van der Waals surface area (Å²) in [6, 6.07) is 17.9. The SMILES string of the molecule is CC(C)(C)c1ccc(C=CC2=CC(c3ccc(C(C)(C)C)cc3)NN2)cc1. The van der Waals surface area contributed by atoms with Crippen LogP contribution < -0.4 is 10.9 Å². The number of benzene rings is 2. The zero-order valence-corrected chi connectivity index (χ0v) is 17.4. The standard InChI is InChI=1S/C25H32N2/c1-24(2,3)20-12-7-18(8-13-20)9-16-22-17-23(27-26-22)19-10-14-21(15-11-19)25(4,5)6/h7-17,23,26-27H,1-6H3. The largest absolute Gasteiger partial charge is 0.321 e. The first-order valence-corrected chi connectivity index (χ1v) is 9.75. The zero-order valence-electron chi connectivity index (χ0n) is 17.4. The highest BCUT2D eigenvalue weighted by atomic mass is 15.4. The third kappa shape index (κ3) is 4.90. The molecule has 2 aromatic carbocycles. The fourth-order valence-electron chi connectivity index (χ4n) is 3.17. The van der Waals surface area contributed by atoms with Crippen molar-refractivity contribution >= 4 is 6.08 Å². The Hall–Kier alpha value is -2.32. The lowest BCUT2D eigenvalue weighted by Gasteiger charge is -2.19. The quantitative estimate of drug-likeness (QED) is 0.698. The Morgan fingerprint density at radius 3 is 1.74 bits per heavy atom. The van der Waals surface area contributed by atoms with Gasteiger partial charge in [-0.25, -0.2) is 5.43 Å². The van der Waals surface area contributed by atoms with Crippen molar-refractivity contribution in [2.24, 2.45) is 0 Å². The summed E-state index contributed by atoms with van der Waals surface area (Å²) in [5.41, 5.74) is 13.3. The minimum absolute atomic E-state index is 0.187. The van der Waals surface area contributed by atoms with E-state index in [1.54, 1.807) is 0 Å². The first-order chi connectivity index (χ1) is 12.6. The van der Waals surface area contributed by atoms with Crippen molar-refractivity contribution in [2.45, 2.75) is 58.4 Å². The van der Waals surface area contributed by atoms with Gasteiger partial charge in [-0.15, -0.1) is 0 Å². The molecule has 0 saturated carbocycles. The number of rotatable bonds is 3. The van der Waals surface area contributed by atoms with Crippen molar-refractivity contribution in [2.75, 3.05) is 0 Å². The van der Waals surface area contributed by atoms with E-state index >= 15 is 0 Å². The average Bonchev–Trinajstić information content (AvgIpc) is 3.08. The Labute approximate surface area is 164 Å². The Balaban J connectivity index is 1.68. The van der Waals surface area contributed by atoms with Crippen LogP contribution in [0.1, 0.15) is 69.8 Å². The smallest absolute Gasteiger partial charge is 0.0714 e. The lowest BCUT2D eigenvalue weighted by atomic mass is 9.86. The van der Waals surface area contributed by atoms with Crippen molar-refractivity contribution < 1.29 is 0 Å². The molecule has 0 bridgehead atoms. The van der Waals surface area contributed by atoms with Crippen LogP contribution >= 0.6 is 0 Å². The summed E-state index contributed by atoms with van der Waals surface area (Å²) in [7, 11) is 0. The normalized spacial score (nSPS) is 17.9. The first kappa shape index (κ1) is 19.4. The maximum atomic E-state index is 3.35. The van der Waals surface area contributed by atoms with Crippen LogP contribution in [0.15, 0.2) is 66.4 Å². The van der Waals surface area contributed by atoms with Crippen molar-refractivity contribution in [3.63, 3.8) is 0 Å². The van der Waals surface area contributed by atoms with Gasteiger partial charge in [0.05, 0.1) is 6.04 Å². The van der Waals surface area contributed by atoms with E-state index in [9.17, 15) is 0 Å². The van der Waals surface area contributed by atoms with E-state index in [-0.39, 0.29) is 16.9 Å². The van der Waals surface area contributed by atoms with Gasteiger partial charge in [0.1, 0.15) is 0 Å². The molecule has 1 heterocycles. The maximum Gasteiger partial charge on any atom is 0.0714 e. The van der Waals surface area contributed by atoms with Crippen LogP contribution in [0, 0.1) is 0 Å². The summed E-state index contributed by atoms with van der Waals surface area (Å²) in [5.74, 6) is 0. The molecule has 27 heavy (non-hydrogen) atoms. The molecule has 0 radical (unpaired) electrons. The molecule has 1 atom stereocenters. The highest BCUT2D eigenvalue weighted by Crippen LogP contribution is 2.26. The Bertz CT molecular complexity index is 826. The average molecular weight is 361 g/mol. The van der Waals surface area contributed by atoms with Crippen LogP contribution in [0.3, 0.4) is 0 Å². The van der Waals surface area contributed by atoms with E-state index in [0.717, 1.165) is 5.70 Å². The molecule has 0 spiro atoms. The van der Waals surface area contributed by atoms with Gasteiger partial charge >= 0.3 is 0 Å². The molecule has 2 N–H and O–H groups in total. The summed E-state index contributed by atoms with van der Waals surface area (Å²) >= 11 is 0. The molecule has 0 amide bonds. The Kier molecular flexibility index (Phi) is 5.30.